The quantitative estimate of drug-likeness (QED) is 0.579. The summed E-state index contributed by atoms with van der Waals surface area (Å²) < 4.78 is 0. The molecule has 1 heterocycles. The van der Waals surface area contributed by atoms with Gasteiger partial charge in [0.05, 0.1) is 5.70 Å². The highest BCUT2D eigenvalue weighted by Crippen LogP contribution is 1.99. The third kappa shape index (κ3) is 1.74. The van der Waals surface area contributed by atoms with Gasteiger partial charge in [0.1, 0.15) is 0 Å². The Morgan fingerprint density at radius 2 is 2.20 bits per heavy atom. The summed E-state index contributed by atoms with van der Waals surface area (Å²) in [7, 11) is 0. The molecule has 0 saturated heterocycles. The zero-order valence-electron chi connectivity index (χ0n) is 5.17. The lowest BCUT2D eigenvalue weighted by Crippen LogP contribution is -2.09. The molecule has 2 nitrogen and oxygen atoms in total. The van der Waals surface area contributed by atoms with E-state index >= 15 is 0 Å². The predicted octanol–water partition coefficient (Wildman–Crippen LogP) is 1.31. The molecule has 1 rings (SSSR count). The predicted molar refractivity (Wildman–Crippen MR) is 40.4 cm³/mol. The van der Waals surface area contributed by atoms with Crippen molar-refractivity contribution in [3.8, 4) is 0 Å². The molecule has 0 aromatic heterocycles. The number of allylic oxidation sites excluding steroid dienone is 5. The fourth-order valence-electron chi connectivity index (χ4n) is 0.580. The first-order chi connectivity index (χ1) is 4.80. The zero-order chi connectivity index (χ0) is 7.40. The lowest BCUT2D eigenvalue weighted by Gasteiger charge is -1.96. The van der Waals surface area contributed by atoms with E-state index < -0.39 is 5.24 Å². The van der Waals surface area contributed by atoms with Crippen LogP contribution in [0, 0.1) is 0 Å². The summed E-state index contributed by atoms with van der Waals surface area (Å²) in [6, 6.07) is 0. The Balaban J connectivity index is 2.78. The third-order valence-corrected chi connectivity index (χ3v) is 1.24. The van der Waals surface area contributed by atoms with Crippen LogP contribution in [0.3, 0.4) is 0 Å². The van der Waals surface area contributed by atoms with Gasteiger partial charge in [-0.05, 0) is 23.8 Å². The maximum atomic E-state index is 10.5. The Bertz CT molecular complexity index is 228. The van der Waals surface area contributed by atoms with Crippen molar-refractivity contribution in [3.05, 3.63) is 36.2 Å². The molecule has 10 heavy (non-hydrogen) atoms. The van der Waals surface area contributed by atoms with Crippen molar-refractivity contribution in [2.45, 2.75) is 0 Å². The van der Waals surface area contributed by atoms with E-state index in [4.69, 9.17) is 11.6 Å². The number of nitrogens with one attached hydrogen (secondary N) is 1. The van der Waals surface area contributed by atoms with Gasteiger partial charge in [-0.1, -0.05) is 12.2 Å². The van der Waals surface area contributed by atoms with Crippen LogP contribution < -0.4 is 5.32 Å². The van der Waals surface area contributed by atoms with Crippen LogP contribution in [-0.4, -0.2) is 5.24 Å². The highest BCUT2D eigenvalue weighted by Gasteiger charge is 2.01. The molecule has 0 unspecified atom stereocenters. The largest absolute Gasteiger partial charge is 0.358 e. The van der Waals surface area contributed by atoms with E-state index in [1.54, 1.807) is 30.5 Å². The van der Waals surface area contributed by atoms with Crippen LogP contribution in [0.4, 0.5) is 0 Å². The van der Waals surface area contributed by atoms with Crippen molar-refractivity contribution >= 4 is 16.8 Å². The summed E-state index contributed by atoms with van der Waals surface area (Å²) in [5, 5.41) is 2.24. The van der Waals surface area contributed by atoms with Crippen LogP contribution in [0.1, 0.15) is 0 Å². The van der Waals surface area contributed by atoms with E-state index in [1.165, 1.54) is 0 Å². The fourth-order valence-corrected chi connectivity index (χ4v) is 0.697. The second kappa shape index (κ2) is 3.22. The van der Waals surface area contributed by atoms with E-state index in [0.717, 1.165) is 0 Å². The first-order valence-electron chi connectivity index (χ1n) is 2.80. The van der Waals surface area contributed by atoms with Gasteiger partial charge < -0.3 is 5.32 Å². The van der Waals surface area contributed by atoms with Crippen molar-refractivity contribution in [2.24, 2.45) is 0 Å². The van der Waals surface area contributed by atoms with Crippen molar-refractivity contribution in [2.75, 3.05) is 0 Å². The number of rotatable bonds is 1. The van der Waals surface area contributed by atoms with Gasteiger partial charge in [-0.3, -0.25) is 4.79 Å². The first kappa shape index (κ1) is 7.09. The normalized spacial score (nSPS) is 15.5. The Morgan fingerprint density at radius 1 is 1.40 bits per heavy atom. The van der Waals surface area contributed by atoms with E-state index in [9.17, 15) is 4.79 Å². The van der Waals surface area contributed by atoms with Crippen molar-refractivity contribution in [3.63, 3.8) is 0 Å². The van der Waals surface area contributed by atoms with Gasteiger partial charge in [0.15, 0.2) is 0 Å². The summed E-state index contributed by atoms with van der Waals surface area (Å²) in [6.45, 7) is 0. The number of halogens is 1. The third-order valence-electron chi connectivity index (χ3n) is 1.03. The molecular formula is C7H6ClNO. The molecule has 1 aliphatic rings. The molecule has 3 heteroatoms. The maximum Gasteiger partial charge on any atom is 0.268 e. The molecule has 0 bridgehead atoms. The number of carbonyl (C=O) groups is 1. The lowest BCUT2D eigenvalue weighted by atomic mass is 10.4. The van der Waals surface area contributed by atoms with Gasteiger partial charge in [-0.15, -0.1) is 0 Å². The molecule has 1 N–H and O–H groups in total. The number of carbonyl (C=O) groups excluding carboxylic acids is 1. The Hall–Kier alpha value is -1.02. The Labute approximate surface area is 63.9 Å². The first-order valence-corrected chi connectivity index (χ1v) is 3.18. The van der Waals surface area contributed by atoms with Crippen LogP contribution >= 0.6 is 11.6 Å². The van der Waals surface area contributed by atoms with Crippen molar-refractivity contribution in [1.29, 1.82) is 0 Å². The molecule has 0 fully saturated rings. The Kier molecular flexibility index (Phi) is 2.29. The van der Waals surface area contributed by atoms with Crippen LogP contribution in [-0.2, 0) is 4.79 Å². The van der Waals surface area contributed by atoms with E-state index in [-0.39, 0.29) is 0 Å². The average molecular weight is 156 g/mol. The molecule has 0 saturated carbocycles. The van der Waals surface area contributed by atoms with Crippen molar-refractivity contribution in [1.82, 2.24) is 5.32 Å². The summed E-state index contributed by atoms with van der Waals surface area (Å²) >= 11 is 5.19. The minimum absolute atomic E-state index is 0.395. The second-order valence-electron chi connectivity index (χ2n) is 1.74. The molecule has 0 aromatic carbocycles. The van der Waals surface area contributed by atoms with E-state index in [1.807, 2.05) is 0 Å². The van der Waals surface area contributed by atoms with Gasteiger partial charge in [0.2, 0.25) is 0 Å². The maximum absolute atomic E-state index is 10.5. The summed E-state index contributed by atoms with van der Waals surface area (Å²) in [4.78, 5) is 10.5. The van der Waals surface area contributed by atoms with Gasteiger partial charge in [0.25, 0.3) is 5.24 Å². The van der Waals surface area contributed by atoms with Crippen molar-refractivity contribution < 1.29 is 4.79 Å². The number of hydrogen-bond donors (Lipinski definition) is 1. The minimum atomic E-state index is -0.476. The molecule has 0 amide bonds. The summed E-state index contributed by atoms with van der Waals surface area (Å²) in [5.74, 6) is 0. The zero-order valence-corrected chi connectivity index (χ0v) is 5.93. The molecule has 1 aliphatic heterocycles. The topological polar surface area (TPSA) is 29.1 Å². The molecule has 0 aromatic rings. The highest BCUT2D eigenvalue weighted by molar-refractivity contribution is 6.67. The minimum Gasteiger partial charge on any atom is -0.358 e. The highest BCUT2D eigenvalue weighted by atomic mass is 35.5. The van der Waals surface area contributed by atoms with Crippen LogP contribution in [0.25, 0.3) is 0 Å². The Morgan fingerprint density at radius 3 is 2.90 bits per heavy atom. The summed E-state index contributed by atoms with van der Waals surface area (Å²) in [6.07, 6.45) is 8.60. The smallest absolute Gasteiger partial charge is 0.268 e. The van der Waals surface area contributed by atoms with E-state index in [0.29, 0.717) is 5.70 Å². The molecule has 0 atom stereocenters. The van der Waals surface area contributed by atoms with Gasteiger partial charge in [-0.2, -0.15) is 0 Å². The molecule has 0 radical (unpaired) electrons. The SMILES string of the molecule is O=C(Cl)C1=CC=CC=CN1. The van der Waals surface area contributed by atoms with Crippen LogP contribution in [0.5, 0.6) is 0 Å². The monoisotopic (exact) mass is 155 g/mol. The average Bonchev–Trinajstić information content (AvgIpc) is 2.12. The van der Waals surface area contributed by atoms with Gasteiger partial charge in [0, 0.05) is 6.20 Å². The standard InChI is InChI=1S/C7H6ClNO/c8-7(10)6-4-2-1-3-5-9-6/h1-5,9H. The van der Waals surface area contributed by atoms with Gasteiger partial charge in [-0.25, -0.2) is 0 Å². The van der Waals surface area contributed by atoms with Crippen LogP contribution in [0.2, 0.25) is 0 Å². The summed E-state index contributed by atoms with van der Waals surface area (Å²) in [5.41, 5.74) is 0.395. The van der Waals surface area contributed by atoms with E-state index in [2.05, 4.69) is 5.32 Å². The molecule has 0 aliphatic carbocycles. The molecule has 52 valence electrons. The van der Waals surface area contributed by atoms with Crippen LogP contribution in [0.15, 0.2) is 36.2 Å². The molecular weight excluding hydrogens is 150 g/mol. The lowest BCUT2D eigenvalue weighted by molar-refractivity contribution is -0.108. The second-order valence-corrected chi connectivity index (χ2v) is 2.09. The molecule has 0 spiro atoms. The fraction of sp³-hybridized carbons (Fsp3) is 0. The number of hydrogen-bond acceptors (Lipinski definition) is 2. The van der Waals surface area contributed by atoms with Gasteiger partial charge >= 0.3 is 0 Å².